The van der Waals surface area contributed by atoms with Crippen molar-refractivity contribution in [3.05, 3.63) is 63.1 Å². The minimum Gasteiger partial charge on any atom is -0.487 e. The van der Waals surface area contributed by atoms with E-state index in [4.69, 9.17) is 16.3 Å². The number of hydrogen-bond donors (Lipinski definition) is 1. The minimum atomic E-state index is 0.492. The highest BCUT2D eigenvalue weighted by Crippen LogP contribution is 2.26. The summed E-state index contributed by atoms with van der Waals surface area (Å²) in [4.78, 5) is 0. The Bertz CT molecular complexity index is 574. The van der Waals surface area contributed by atoms with Gasteiger partial charge in [0.05, 0.1) is 5.02 Å². The molecule has 0 unspecified atom stereocenters. The van der Waals surface area contributed by atoms with E-state index in [2.05, 4.69) is 46.4 Å². The van der Waals surface area contributed by atoms with Crippen molar-refractivity contribution in [2.24, 2.45) is 0 Å². The molecule has 0 aliphatic heterocycles. The van der Waals surface area contributed by atoms with Crippen molar-refractivity contribution in [3.63, 3.8) is 0 Å². The molecule has 2 aromatic carbocycles. The van der Waals surface area contributed by atoms with Crippen LogP contribution in [0.2, 0.25) is 5.02 Å². The Hall–Kier alpha value is -1.03. The second-order valence-corrected chi connectivity index (χ2v) is 5.69. The average Bonchev–Trinajstić information content (AvgIpc) is 2.45. The van der Waals surface area contributed by atoms with Crippen molar-refractivity contribution in [2.45, 2.75) is 20.1 Å². The predicted octanol–water partition coefficient (Wildman–Crippen LogP) is 4.79. The van der Waals surface area contributed by atoms with E-state index >= 15 is 0 Å². The molecule has 4 heteroatoms. The van der Waals surface area contributed by atoms with Crippen LogP contribution in [0.3, 0.4) is 0 Å². The van der Waals surface area contributed by atoms with Gasteiger partial charge in [0, 0.05) is 16.6 Å². The number of rotatable bonds is 6. The maximum absolute atomic E-state index is 6.07. The van der Waals surface area contributed by atoms with Crippen LogP contribution in [0.15, 0.2) is 46.9 Å². The van der Waals surface area contributed by atoms with Gasteiger partial charge in [-0.2, -0.15) is 0 Å². The Labute approximate surface area is 133 Å². The van der Waals surface area contributed by atoms with E-state index < -0.39 is 0 Å². The number of para-hydroxylation sites is 1. The molecule has 0 fully saturated rings. The molecule has 0 bridgehead atoms. The van der Waals surface area contributed by atoms with Crippen molar-refractivity contribution in [3.8, 4) is 5.75 Å². The quantitative estimate of drug-likeness (QED) is 0.805. The molecule has 2 nitrogen and oxygen atoms in total. The molecule has 106 valence electrons. The third-order valence-corrected chi connectivity index (χ3v) is 3.97. The van der Waals surface area contributed by atoms with E-state index in [9.17, 15) is 0 Å². The summed E-state index contributed by atoms with van der Waals surface area (Å²) in [6.45, 7) is 4.43. The monoisotopic (exact) mass is 353 g/mol. The fourth-order valence-electron chi connectivity index (χ4n) is 1.80. The van der Waals surface area contributed by atoms with Crippen molar-refractivity contribution in [1.29, 1.82) is 0 Å². The van der Waals surface area contributed by atoms with E-state index in [1.807, 2.05) is 24.3 Å². The SMILES string of the molecule is CCNCc1ccc(COc2ccccc2Cl)c(Br)c1. The van der Waals surface area contributed by atoms with E-state index in [1.54, 1.807) is 0 Å². The molecular formula is C16H17BrClNO. The van der Waals surface area contributed by atoms with Crippen molar-refractivity contribution in [1.82, 2.24) is 5.32 Å². The summed E-state index contributed by atoms with van der Waals surface area (Å²) < 4.78 is 6.80. The Morgan fingerprint density at radius 1 is 1.20 bits per heavy atom. The lowest BCUT2D eigenvalue weighted by Gasteiger charge is -2.10. The molecule has 2 aromatic rings. The predicted molar refractivity (Wildman–Crippen MR) is 87.3 cm³/mol. The van der Waals surface area contributed by atoms with Gasteiger partial charge >= 0.3 is 0 Å². The molecule has 0 amide bonds. The van der Waals surface area contributed by atoms with Crippen LogP contribution in [0.25, 0.3) is 0 Å². The highest BCUT2D eigenvalue weighted by Gasteiger charge is 2.05. The van der Waals surface area contributed by atoms with E-state index in [-0.39, 0.29) is 0 Å². The third kappa shape index (κ3) is 4.23. The van der Waals surface area contributed by atoms with Gasteiger partial charge in [0.25, 0.3) is 0 Å². The van der Waals surface area contributed by atoms with Crippen LogP contribution in [0.1, 0.15) is 18.1 Å². The molecule has 0 aromatic heterocycles. The van der Waals surface area contributed by atoms with Gasteiger partial charge in [-0.15, -0.1) is 0 Å². The molecule has 0 atom stereocenters. The van der Waals surface area contributed by atoms with Crippen LogP contribution in [-0.2, 0) is 13.2 Å². The van der Waals surface area contributed by atoms with Gasteiger partial charge in [-0.3, -0.25) is 0 Å². The van der Waals surface area contributed by atoms with Crippen LogP contribution in [0.4, 0.5) is 0 Å². The normalized spacial score (nSPS) is 10.6. The van der Waals surface area contributed by atoms with Crippen molar-refractivity contribution in [2.75, 3.05) is 6.54 Å². The number of benzene rings is 2. The van der Waals surface area contributed by atoms with Crippen molar-refractivity contribution < 1.29 is 4.74 Å². The first-order valence-corrected chi connectivity index (χ1v) is 7.73. The average molecular weight is 355 g/mol. The Morgan fingerprint density at radius 3 is 2.70 bits per heavy atom. The first kappa shape index (κ1) is 15.4. The molecule has 0 heterocycles. The summed E-state index contributed by atoms with van der Waals surface area (Å²) in [5, 5.41) is 3.94. The summed E-state index contributed by atoms with van der Waals surface area (Å²) in [6.07, 6.45) is 0. The highest BCUT2D eigenvalue weighted by atomic mass is 79.9. The van der Waals surface area contributed by atoms with Gasteiger partial charge in [0.2, 0.25) is 0 Å². The smallest absolute Gasteiger partial charge is 0.138 e. The standard InChI is InChI=1S/C16H17BrClNO/c1-2-19-10-12-7-8-13(14(17)9-12)11-20-16-6-4-3-5-15(16)18/h3-9,19H,2,10-11H2,1H3. The number of halogens is 2. The second kappa shape index (κ2) is 7.67. The van der Waals surface area contributed by atoms with Crippen LogP contribution >= 0.6 is 27.5 Å². The van der Waals surface area contributed by atoms with Crippen molar-refractivity contribution >= 4 is 27.5 Å². The molecule has 0 aliphatic rings. The lowest BCUT2D eigenvalue weighted by atomic mass is 10.1. The summed E-state index contributed by atoms with van der Waals surface area (Å²) >= 11 is 9.66. The Kier molecular flexibility index (Phi) is 5.89. The van der Waals surface area contributed by atoms with Crippen LogP contribution in [0, 0.1) is 0 Å². The first-order valence-electron chi connectivity index (χ1n) is 6.56. The summed E-state index contributed by atoms with van der Waals surface area (Å²) in [7, 11) is 0. The summed E-state index contributed by atoms with van der Waals surface area (Å²) in [5.74, 6) is 0.706. The van der Waals surface area contributed by atoms with Gasteiger partial charge in [-0.1, -0.05) is 58.7 Å². The lowest BCUT2D eigenvalue weighted by Crippen LogP contribution is -2.11. The zero-order valence-corrected chi connectivity index (χ0v) is 13.7. The van der Waals surface area contributed by atoms with Crippen LogP contribution in [0.5, 0.6) is 5.75 Å². The summed E-state index contributed by atoms with van der Waals surface area (Å²) in [5.41, 5.74) is 2.35. The lowest BCUT2D eigenvalue weighted by molar-refractivity contribution is 0.305. The molecule has 2 rings (SSSR count). The fraction of sp³-hybridized carbons (Fsp3) is 0.250. The van der Waals surface area contributed by atoms with E-state index in [0.29, 0.717) is 17.4 Å². The van der Waals surface area contributed by atoms with Crippen LogP contribution < -0.4 is 10.1 Å². The van der Waals surface area contributed by atoms with Gasteiger partial charge in [0.15, 0.2) is 0 Å². The van der Waals surface area contributed by atoms with E-state index in [0.717, 1.165) is 23.1 Å². The molecule has 0 spiro atoms. The Balaban J connectivity index is 2.01. The third-order valence-electron chi connectivity index (χ3n) is 2.92. The van der Waals surface area contributed by atoms with Gasteiger partial charge in [-0.25, -0.2) is 0 Å². The second-order valence-electron chi connectivity index (χ2n) is 4.43. The fourth-order valence-corrected chi connectivity index (χ4v) is 2.54. The topological polar surface area (TPSA) is 21.3 Å². The van der Waals surface area contributed by atoms with Gasteiger partial charge < -0.3 is 10.1 Å². The molecule has 0 radical (unpaired) electrons. The molecule has 20 heavy (non-hydrogen) atoms. The molecule has 0 saturated heterocycles. The molecule has 0 aliphatic carbocycles. The number of hydrogen-bond acceptors (Lipinski definition) is 2. The Morgan fingerprint density at radius 2 is 2.00 bits per heavy atom. The number of nitrogens with one attached hydrogen (secondary N) is 1. The maximum atomic E-state index is 6.07. The maximum Gasteiger partial charge on any atom is 0.138 e. The first-order chi connectivity index (χ1) is 9.70. The molecular weight excluding hydrogens is 338 g/mol. The molecule has 0 saturated carbocycles. The zero-order valence-electron chi connectivity index (χ0n) is 11.3. The van der Waals surface area contributed by atoms with Gasteiger partial charge in [0.1, 0.15) is 12.4 Å². The zero-order chi connectivity index (χ0) is 14.4. The minimum absolute atomic E-state index is 0.492. The largest absolute Gasteiger partial charge is 0.487 e. The highest BCUT2D eigenvalue weighted by molar-refractivity contribution is 9.10. The molecule has 1 N–H and O–H groups in total. The van der Waals surface area contributed by atoms with E-state index in [1.165, 1.54) is 5.56 Å². The van der Waals surface area contributed by atoms with Gasteiger partial charge in [-0.05, 0) is 30.3 Å². The van der Waals surface area contributed by atoms with Crippen LogP contribution in [-0.4, -0.2) is 6.54 Å². The number of ether oxygens (including phenoxy) is 1. The summed E-state index contributed by atoms with van der Waals surface area (Å²) in [6, 6.07) is 13.8.